The van der Waals surface area contributed by atoms with Crippen LogP contribution >= 0.6 is 0 Å². The van der Waals surface area contributed by atoms with E-state index < -0.39 is 0 Å². The largest absolute Gasteiger partial charge is 0.291 e. The molecule has 0 atom stereocenters. The van der Waals surface area contributed by atoms with Gasteiger partial charge in [0.25, 0.3) is 0 Å². The SMILES string of the molecule is CCCCCCCCC1CCC([C]=O)CC1. The smallest absolute Gasteiger partial charge is 0.201 e. The summed E-state index contributed by atoms with van der Waals surface area (Å²) in [5.41, 5.74) is 0. The van der Waals surface area contributed by atoms with E-state index >= 15 is 0 Å². The predicted octanol–water partition coefficient (Wildman–Crippen LogP) is 4.65. The number of unbranched alkanes of at least 4 members (excludes halogenated alkanes) is 5. The van der Waals surface area contributed by atoms with Crippen molar-refractivity contribution in [2.45, 2.75) is 77.6 Å². The molecule has 0 amide bonds. The zero-order valence-corrected chi connectivity index (χ0v) is 10.8. The Bertz CT molecular complexity index is 168. The Hall–Kier alpha value is -0.330. The lowest BCUT2D eigenvalue weighted by Gasteiger charge is -2.24. The van der Waals surface area contributed by atoms with Gasteiger partial charge in [0, 0.05) is 5.92 Å². The average molecular weight is 223 g/mol. The molecule has 1 fully saturated rings. The van der Waals surface area contributed by atoms with Gasteiger partial charge in [0.2, 0.25) is 6.29 Å². The molecule has 0 bridgehead atoms. The van der Waals surface area contributed by atoms with Gasteiger partial charge >= 0.3 is 0 Å². The molecule has 0 heterocycles. The Morgan fingerprint density at radius 3 is 2.19 bits per heavy atom. The van der Waals surface area contributed by atoms with Gasteiger partial charge in [-0.25, -0.2) is 0 Å². The van der Waals surface area contributed by atoms with Crippen molar-refractivity contribution in [2.24, 2.45) is 11.8 Å². The minimum atomic E-state index is 0.265. The lowest BCUT2D eigenvalue weighted by Crippen LogP contribution is -2.15. The molecule has 1 aliphatic rings. The van der Waals surface area contributed by atoms with Gasteiger partial charge in [-0.1, -0.05) is 51.9 Å². The van der Waals surface area contributed by atoms with Crippen molar-refractivity contribution < 1.29 is 4.79 Å². The third-order valence-electron chi connectivity index (χ3n) is 3.98. The molecule has 1 nitrogen and oxygen atoms in total. The highest BCUT2D eigenvalue weighted by Crippen LogP contribution is 2.31. The molecule has 1 heteroatoms. The van der Waals surface area contributed by atoms with Crippen LogP contribution in [-0.2, 0) is 4.79 Å². The highest BCUT2D eigenvalue weighted by molar-refractivity contribution is 5.54. The Labute approximate surface area is 101 Å². The normalized spacial score (nSPS) is 25.6. The van der Waals surface area contributed by atoms with E-state index in [4.69, 9.17) is 0 Å². The summed E-state index contributed by atoms with van der Waals surface area (Å²) in [6.45, 7) is 2.27. The third kappa shape index (κ3) is 5.67. The summed E-state index contributed by atoms with van der Waals surface area (Å²) in [7, 11) is 0. The van der Waals surface area contributed by atoms with Crippen LogP contribution in [0, 0.1) is 11.8 Å². The first kappa shape index (κ1) is 13.7. The number of hydrogen-bond acceptors (Lipinski definition) is 1. The van der Waals surface area contributed by atoms with E-state index in [1.165, 1.54) is 57.8 Å². The van der Waals surface area contributed by atoms with Crippen LogP contribution < -0.4 is 0 Å². The van der Waals surface area contributed by atoms with Crippen molar-refractivity contribution >= 4 is 6.29 Å². The third-order valence-corrected chi connectivity index (χ3v) is 3.98. The van der Waals surface area contributed by atoms with Gasteiger partial charge in [0.05, 0.1) is 0 Å². The maximum atomic E-state index is 10.5. The maximum absolute atomic E-state index is 10.5. The van der Waals surface area contributed by atoms with E-state index in [1.807, 2.05) is 0 Å². The summed E-state index contributed by atoms with van der Waals surface area (Å²) in [5.74, 6) is 1.18. The van der Waals surface area contributed by atoms with Crippen molar-refractivity contribution in [3.8, 4) is 0 Å². The molecule has 0 aromatic rings. The van der Waals surface area contributed by atoms with E-state index in [1.54, 1.807) is 0 Å². The molecular weight excluding hydrogens is 196 g/mol. The van der Waals surface area contributed by atoms with Gasteiger partial charge in [-0.2, -0.15) is 0 Å². The fraction of sp³-hybridized carbons (Fsp3) is 0.933. The molecular formula is C15H27O. The second-order valence-electron chi connectivity index (χ2n) is 5.39. The van der Waals surface area contributed by atoms with Gasteiger partial charge < -0.3 is 0 Å². The first-order valence-corrected chi connectivity index (χ1v) is 7.24. The van der Waals surface area contributed by atoms with Crippen LogP contribution in [0.3, 0.4) is 0 Å². The van der Waals surface area contributed by atoms with Gasteiger partial charge in [0.1, 0.15) is 0 Å². The zero-order chi connectivity index (χ0) is 11.6. The first-order valence-electron chi connectivity index (χ1n) is 7.24. The maximum Gasteiger partial charge on any atom is 0.201 e. The van der Waals surface area contributed by atoms with Crippen LogP contribution in [0.5, 0.6) is 0 Å². The summed E-state index contributed by atoms with van der Waals surface area (Å²) < 4.78 is 0. The van der Waals surface area contributed by atoms with Gasteiger partial charge in [-0.15, -0.1) is 0 Å². The van der Waals surface area contributed by atoms with Crippen molar-refractivity contribution in [1.29, 1.82) is 0 Å². The number of hydrogen-bond donors (Lipinski definition) is 0. The standard InChI is InChI=1S/C15H27O/c1-2-3-4-5-6-7-8-14-9-11-15(13-16)12-10-14/h14-15H,2-12H2,1H3. The van der Waals surface area contributed by atoms with E-state index in [2.05, 4.69) is 13.2 Å². The van der Waals surface area contributed by atoms with E-state index in [9.17, 15) is 4.79 Å². The van der Waals surface area contributed by atoms with Gasteiger partial charge in [-0.05, 0) is 31.6 Å². The molecule has 1 radical (unpaired) electrons. The molecule has 1 rings (SSSR count). The summed E-state index contributed by atoms with van der Waals surface area (Å²) in [4.78, 5) is 10.5. The quantitative estimate of drug-likeness (QED) is 0.547. The molecule has 0 aliphatic heterocycles. The molecule has 0 aromatic heterocycles. The highest BCUT2D eigenvalue weighted by atomic mass is 16.1. The monoisotopic (exact) mass is 223 g/mol. The van der Waals surface area contributed by atoms with Gasteiger partial charge in [-0.3, -0.25) is 4.79 Å². The van der Waals surface area contributed by atoms with E-state index in [0.717, 1.165) is 18.8 Å². The number of rotatable bonds is 8. The predicted molar refractivity (Wildman–Crippen MR) is 69.1 cm³/mol. The fourth-order valence-corrected chi connectivity index (χ4v) is 2.78. The Kier molecular flexibility index (Phi) is 7.54. The van der Waals surface area contributed by atoms with Crippen LogP contribution in [0.2, 0.25) is 0 Å². The van der Waals surface area contributed by atoms with Crippen molar-refractivity contribution in [3.05, 3.63) is 0 Å². The summed E-state index contributed by atoms with van der Waals surface area (Å²) >= 11 is 0. The summed E-state index contributed by atoms with van der Waals surface area (Å²) in [5, 5.41) is 0. The van der Waals surface area contributed by atoms with Crippen molar-refractivity contribution in [2.75, 3.05) is 0 Å². The minimum absolute atomic E-state index is 0.265. The summed E-state index contributed by atoms with van der Waals surface area (Å²) in [6.07, 6.45) is 16.7. The topological polar surface area (TPSA) is 17.1 Å². The Balaban J connectivity index is 1.92. The second kappa shape index (κ2) is 8.78. The lowest BCUT2D eigenvalue weighted by molar-refractivity contribution is 0.293. The molecule has 0 unspecified atom stereocenters. The van der Waals surface area contributed by atoms with Gasteiger partial charge in [0.15, 0.2) is 0 Å². The Morgan fingerprint density at radius 1 is 0.938 bits per heavy atom. The highest BCUT2D eigenvalue weighted by Gasteiger charge is 2.20. The molecule has 0 saturated heterocycles. The zero-order valence-electron chi connectivity index (χ0n) is 10.8. The molecule has 1 aliphatic carbocycles. The molecule has 93 valence electrons. The van der Waals surface area contributed by atoms with Crippen LogP contribution in [0.4, 0.5) is 0 Å². The summed E-state index contributed by atoms with van der Waals surface area (Å²) in [6, 6.07) is 0. The van der Waals surface area contributed by atoms with E-state index in [-0.39, 0.29) is 5.92 Å². The van der Waals surface area contributed by atoms with E-state index in [0.29, 0.717) is 0 Å². The molecule has 1 saturated carbocycles. The van der Waals surface area contributed by atoms with Crippen molar-refractivity contribution in [1.82, 2.24) is 0 Å². The van der Waals surface area contributed by atoms with Crippen LogP contribution in [-0.4, -0.2) is 6.29 Å². The minimum Gasteiger partial charge on any atom is -0.291 e. The lowest BCUT2D eigenvalue weighted by atomic mass is 9.80. The van der Waals surface area contributed by atoms with Crippen LogP contribution in [0.15, 0.2) is 0 Å². The number of carbonyl (C=O) groups excluding carboxylic acids is 1. The molecule has 0 spiro atoms. The van der Waals surface area contributed by atoms with Crippen LogP contribution in [0.25, 0.3) is 0 Å². The molecule has 16 heavy (non-hydrogen) atoms. The fourth-order valence-electron chi connectivity index (χ4n) is 2.78. The van der Waals surface area contributed by atoms with Crippen LogP contribution in [0.1, 0.15) is 77.6 Å². The molecule has 0 aromatic carbocycles. The van der Waals surface area contributed by atoms with Crippen molar-refractivity contribution in [3.63, 3.8) is 0 Å². The first-order chi connectivity index (χ1) is 7.86. The second-order valence-corrected chi connectivity index (χ2v) is 5.39. The molecule has 0 N–H and O–H groups in total. The average Bonchev–Trinajstić information content (AvgIpc) is 2.34. The Morgan fingerprint density at radius 2 is 1.56 bits per heavy atom.